The van der Waals surface area contributed by atoms with Crippen LogP contribution >= 0.6 is 0 Å². The van der Waals surface area contributed by atoms with Gasteiger partial charge in [0.25, 0.3) is 0 Å². The normalized spacial score (nSPS) is 32.6. The third-order valence-corrected chi connectivity index (χ3v) is 4.26. The standard InChI is InChI=1S/C13H21NO3/c1-9(13(16)17)14-8-4-6-11(14)10-5-2-3-7-12(10)15/h9-11H,2-8H2,1H3,(H,16,17). The Morgan fingerprint density at radius 3 is 2.76 bits per heavy atom. The molecule has 0 amide bonds. The lowest BCUT2D eigenvalue weighted by molar-refractivity contribution is -0.144. The summed E-state index contributed by atoms with van der Waals surface area (Å²) in [6.45, 7) is 2.55. The lowest BCUT2D eigenvalue weighted by atomic mass is 9.81. The van der Waals surface area contributed by atoms with Gasteiger partial charge in [-0.15, -0.1) is 0 Å². The first-order valence-corrected chi connectivity index (χ1v) is 6.62. The number of ketones is 1. The molecule has 96 valence electrons. The van der Waals surface area contributed by atoms with Crippen molar-refractivity contribution in [1.82, 2.24) is 4.90 Å². The summed E-state index contributed by atoms with van der Waals surface area (Å²) in [5, 5.41) is 9.10. The van der Waals surface area contributed by atoms with Crippen molar-refractivity contribution in [2.24, 2.45) is 5.92 Å². The molecule has 1 aliphatic carbocycles. The average molecular weight is 239 g/mol. The first-order valence-electron chi connectivity index (χ1n) is 6.62. The number of hydrogen-bond acceptors (Lipinski definition) is 3. The van der Waals surface area contributed by atoms with Gasteiger partial charge < -0.3 is 5.11 Å². The van der Waals surface area contributed by atoms with Crippen LogP contribution in [0.3, 0.4) is 0 Å². The fraction of sp³-hybridized carbons (Fsp3) is 0.846. The highest BCUT2D eigenvalue weighted by Crippen LogP contribution is 2.33. The van der Waals surface area contributed by atoms with Gasteiger partial charge in [0.1, 0.15) is 11.8 Å². The van der Waals surface area contributed by atoms with Gasteiger partial charge in [-0.25, -0.2) is 0 Å². The summed E-state index contributed by atoms with van der Waals surface area (Å²) in [6.07, 6.45) is 5.77. The predicted octanol–water partition coefficient (Wildman–Crippen LogP) is 1.68. The molecule has 1 saturated heterocycles. The van der Waals surface area contributed by atoms with Crippen LogP contribution in [0.15, 0.2) is 0 Å². The van der Waals surface area contributed by atoms with E-state index in [0.717, 1.165) is 38.6 Å². The third kappa shape index (κ3) is 2.51. The van der Waals surface area contributed by atoms with E-state index in [1.54, 1.807) is 6.92 Å². The molecule has 0 aromatic carbocycles. The molecule has 4 nitrogen and oxygen atoms in total. The summed E-state index contributed by atoms with van der Waals surface area (Å²) < 4.78 is 0. The zero-order valence-corrected chi connectivity index (χ0v) is 10.4. The number of carbonyl (C=O) groups is 2. The summed E-state index contributed by atoms with van der Waals surface area (Å²) in [6, 6.07) is -0.286. The van der Waals surface area contributed by atoms with E-state index >= 15 is 0 Å². The zero-order valence-electron chi connectivity index (χ0n) is 10.4. The number of nitrogens with zero attached hydrogens (tertiary/aromatic N) is 1. The molecular weight excluding hydrogens is 218 g/mol. The molecule has 4 heteroatoms. The number of likely N-dealkylation sites (tertiary alicyclic amines) is 1. The molecule has 1 aliphatic heterocycles. The van der Waals surface area contributed by atoms with Gasteiger partial charge in [0.15, 0.2) is 0 Å². The Morgan fingerprint density at radius 2 is 2.12 bits per heavy atom. The van der Waals surface area contributed by atoms with E-state index in [9.17, 15) is 9.59 Å². The predicted molar refractivity (Wildman–Crippen MR) is 63.8 cm³/mol. The Labute approximate surface area is 102 Å². The highest BCUT2D eigenvalue weighted by atomic mass is 16.4. The van der Waals surface area contributed by atoms with Crippen molar-refractivity contribution in [3.8, 4) is 0 Å². The fourth-order valence-corrected chi connectivity index (χ4v) is 3.29. The minimum absolute atomic E-state index is 0.0908. The van der Waals surface area contributed by atoms with Crippen LogP contribution in [-0.2, 0) is 9.59 Å². The molecule has 0 aromatic rings. The minimum Gasteiger partial charge on any atom is -0.480 e. The molecule has 1 N–H and O–H groups in total. The van der Waals surface area contributed by atoms with Gasteiger partial charge >= 0.3 is 5.97 Å². The monoisotopic (exact) mass is 239 g/mol. The largest absolute Gasteiger partial charge is 0.480 e. The van der Waals surface area contributed by atoms with Crippen LogP contribution in [0.4, 0.5) is 0 Å². The summed E-state index contributed by atoms with van der Waals surface area (Å²) in [4.78, 5) is 25.0. The van der Waals surface area contributed by atoms with Gasteiger partial charge in [0.05, 0.1) is 0 Å². The van der Waals surface area contributed by atoms with Crippen molar-refractivity contribution in [2.75, 3.05) is 6.54 Å². The van der Waals surface area contributed by atoms with Crippen molar-refractivity contribution in [2.45, 2.75) is 57.5 Å². The van der Waals surface area contributed by atoms with Crippen molar-refractivity contribution >= 4 is 11.8 Å². The molecule has 2 rings (SSSR count). The first kappa shape index (κ1) is 12.6. The zero-order chi connectivity index (χ0) is 12.4. The molecule has 1 saturated carbocycles. The fourth-order valence-electron chi connectivity index (χ4n) is 3.29. The van der Waals surface area contributed by atoms with Crippen molar-refractivity contribution < 1.29 is 14.7 Å². The smallest absolute Gasteiger partial charge is 0.320 e. The molecule has 0 aromatic heterocycles. The van der Waals surface area contributed by atoms with E-state index in [1.165, 1.54) is 0 Å². The Morgan fingerprint density at radius 1 is 1.35 bits per heavy atom. The van der Waals surface area contributed by atoms with Crippen molar-refractivity contribution in [3.05, 3.63) is 0 Å². The third-order valence-electron chi connectivity index (χ3n) is 4.26. The van der Waals surface area contributed by atoms with Crippen LogP contribution in [0.1, 0.15) is 45.4 Å². The second-order valence-corrected chi connectivity index (χ2v) is 5.28. The van der Waals surface area contributed by atoms with Crippen molar-refractivity contribution in [3.63, 3.8) is 0 Å². The lowest BCUT2D eigenvalue weighted by Crippen LogP contribution is -2.47. The number of carboxylic acids is 1. The van der Waals surface area contributed by atoms with Gasteiger partial charge in [0.2, 0.25) is 0 Å². The number of hydrogen-bond donors (Lipinski definition) is 1. The minimum atomic E-state index is -0.778. The lowest BCUT2D eigenvalue weighted by Gasteiger charge is -2.35. The highest BCUT2D eigenvalue weighted by Gasteiger charge is 2.40. The van der Waals surface area contributed by atoms with Gasteiger partial charge in [-0.3, -0.25) is 14.5 Å². The quantitative estimate of drug-likeness (QED) is 0.814. The SMILES string of the molecule is CC(C(=O)O)N1CCCC1C1CCCCC1=O. The average Bonchev–Trinajstić information content (AvgIpc) is 2.77. The highest BCUT2D eigenvalue weighted by molar-refractivity contribution is 5.82. The molecule has 0 spiro atoms. The van der Waals surface area contributed by atoms with Crippen LogP contribution in [0.2, 0.25) is 0 Å². The molecule has 2 aliphatic rings. The number of carbonyl (C=O) groups excluding carboxylic acids is 1. The number of aliphatic carboxylic acids is 1. The number of carboxylic acid groups (broad SMARTS) is 1. The Bertz CT molecular complexity index is 316. The Balaban J connectivity index is 2.08. The second-order valence-electron chi connectivity index (χ2n) is 5.28. The van der Waals surface area contributed by atoms with E-state index in [4.69, 9.17) is 5.11 Å². The number of rotatable bonds is 3. The van der Waals surface area contributed by atoms with Crippen LogP contribution in [0.5, 0.6) is 0 Å². The summed E-state index contributed by atoms with van der Waals surface area (Å²) in [7, 11) is 0. The van der Waals surface area contributed by atoms with Gasteiger partial charge in [-0.05, 0) is 39.2 Å². The van der Waals surface area contributed by atoms with Gasteiger partial charge in [-0.2, -0.15) is 0 Å². The van der Waals surface area contributed by atoms with Gasteiger partial charge in [0, 0.05) is 18.4 Å². The van der Waals surface area contributed by atoms with Crippen LogP contribution in [0, 0.1) is 5.92 Å². The molecule has 1 heterocycles. The second kappa shape index (κ2) is 5.17. The maximum absolute atomic E-state index is 11.9. The van der Waals surface area contributed by atoms with E-state index in [0.29, 0.717) is 12.2 Å². The van der Waals surface area contributed by atoms with Gasteiger partial charge in [-0.1, -0.05) is 6.42 Å². The molecule has 17 heavy (non-hydrogen) atoms. The maximum atomic E-state index is 11.9. The van der Waals surface area contributed by atoms with E-state index in [2.05, 4.69) is 0 Å². The van der Waals surface area contributed by atoms with E-state index < -0.39 is 12.0 Å². The Kier molecular flexibility index (Phi) is 3.82. The van der Waals surface area contributed by atoms with Crippen molar-refractivity contribution in [1.29, 1.82) is 0 Å². The first-order chi connectivity index (χ1) is 8.11. The summed E-state index contributed by atoms with van der Waals surface area (Å²) in [5.41, 5.74) is 0. The van der Waals surface area contributed by atoms with E-state index in [-0.39, 0.29) is 12.0 Å². The number of Topliss-reactive ketones (excluding diaryl/α,β-unsaturated/α-hetero) is 1. The van der Waals surface area contributed by atoms with E-state index in [1.807, 2.05) is 4.90 Å². The van der Waals surface area contributed by atoms with Crippen LogP contribution in [-0.4, -0.2) is 40.4 Å². The summed E-state index contributed by atoms with van der Waals surface area (Å²) >= 11 is 0. The Hall–Kier alpha value is -0.900. The molecule has 0 bridgehead atoms. The topological polar surface area (TPSA) is 57.6 Å². The molecule has 2 fully saturated rings. The van der Waals surface area contributed by atoms with Crippen LogP contribution < -0.4 is 0 Å². The molecular formula is C13H21NO3. The molecule has 3 atom stereocenters. The van der Waals surface area contributed by atoms with Crippen LogP contribution in [0.25, 0.3) is 0 Å². The molecule has 3 unspecified atom stereocenters. The molecule has 0 radical (unpaired) electrons. The maximum Gasteiger partial charge on any atom is 0.320 e. The summed E-state index contributed by atoms with van der Waals surface area (Å²) in [5.74, 6) is -0.334.